The first-order valence-electron chi connectivity index (χ1n) is 4.98. The highest BCUT2D eigenvalue weighted by molar-refractivity contribution is 5.76. The fourth-order valence-corrected chi connectivity index (χ4v) is 1.43. The maximum Gasteiger partial charge on any atom is 0.339 e. The molecule has 0 bridgehead atoms. The van der Waals surface area contributed by atoms with Gasteiger partial charge in [0.15, 0.2) is 0 Å². The summed E-state index contributed by atoms with van der Waals surface area (Å²) in [6.45, 7) is 0. The highest BCUT2D eigenvalue weighted by Crippen LogP contribution is 2.16. The molecule has 5 nitrogen and oxygen atoms in total. The van der Waals surface area contributed by atoms with Gasteiger partial charge in [-0.1, -0.05) is 0 Å². The molecular weight excluding hydrogens is 220 g/mol. The summed E-state index contributed by atoms with van der Waals surface area (Å²) in [5.74, 6) is -0.150. The highest BCUT2D eigenvalue weighted by atomic mass is 16.4. The molecule has 0 unspecified atom stereocenters. The number of aromatic nitrogens is 1. The van der Waals surface area contributed by atoms with Crippen LogP contribution in [0.1, 0.15) is 5.56 Å². The average molecular weight is 230 g/mol. The molecule has 2 heterocycles. The van der Waals surface area contributed by atoms with Gasteiger partial charge in [-0.05, 0) is 24.3 Å². The normalized spacial score (nSPS) is 10.1. The number of carbonyl (C=O) groups is 1. The quantitative estimate of drug-likeness (QED) is 0.842. The minimum Gasteiger partial charge on any atom is -0.422 e. The van der Waals surface area contributed by atoms with Crippen LogP contribution in [0.3, 0.4) is 0 Å². The predicted molar refractivity (Wildman–Crippen MR) is 61.1 cm³/mol. The molecule has 2 rings (SSSR count). The number of nitrogens with two attached hydrogens (primary N) is 1. The third kappa shape index (κ3) is 2.57. The van der Waals surface area contributed by atoms with Gasteiger partial charge in [0.2, 0.25) is 5.91 Å². The molecular formula is C12H10N2O3. The van der Waals surface area contributed by atoms with E-state index in [4.69, 9.17) is 10.2 Å². The second-order valence-electron chi connectivity index (χ2n) is 3.50. The molecule has 0 aliphatic carbocycles. The third-order valence-corrected chi connectivity index (χ3v) is 2.21. The number of primary amides is 1. The zero-order chi connectivity index (χ0) is 12.3. The zero-order valence-electron chi connectivity index (χ0n) is 8.92. The summed E-state index contributed by atoms with van der Waals surface area (Å²) in [6, 6.07) is 6.68. The Morgan fingerprint density at radius 3 is 2.76 bits per heavy atom. The largest absolute Gasteiger partial charge is 0.422 e. The van der Waals surface area contributed by atoms with Crippen LogP contribution in [-0.2, 0) is 11.2 Å². The molecule has 2 aromatic rings. The van der Waals surface area contributed by atoms with E-state index >= 15 is 0 Å². The Hall–Kier alpha value is -2.43. The number of carbonyl (C=O) groups excluding carboxylic acids is 1. The van der Waals surface area contributed by atoms with Crippen molar-refractivity contribution in [3.8, 4) is 11.3 Å². The molecule has 0 aliphatic heterocycles. The Morgan fingerprint density at radius 2 is 2.18 bits per heavy atom. The number of pyridine rings is 1. The van der Waals surface area contributed by atoms with E-state index in [1.165, 1.54) is 0 Å². The van der Waals surface area contributed by atoms with Gasteiger partial charge in [0.25, 0.3) is 0 Å². The summed E-state index contributed by atoms with van der Waals surface area (Å²) < 4.78 is 5.09. The Morgan fingerprint density at radius 1 is 1.35 bits per heavy atom. The molecule has 5 heteroatoms. The van der Waals surface area contributed by atoms with Crippen LogP contribution >= 0.6 is 0 Å². The van der Waals surface area contributed by atoms with Crippen molar-refractivity contribution in [3.05, 3.63) is 52.6 Å². The molecule has 86 valence electrons. The number of hydrogen-bond donors (Lipinski definition) is 1. The topological polar surface area (TPSA) is 86.2 Å². The Balaban J connectivity index is 2.38. The SMILES string of the molecule is NC(=O)Cc1ccc(-c2cccnc2)oc1=O. The molecule has 0 atom stereocenters. The first-order chi connectivity index (χ1) is 8.16. The maximum absolute atomic E-state index is 11.6. The number of rotatable bonds is 3. The Labute approximate surface area is 96.9 Å². The van der Waals surface area contributed by atoms with Crippen LogP contribution in [0, 0.1) is 0 Å². The lowest BCUT2D eigenvalue weighted by atomic mass is 10.1. The van der Waals surface area contributed by atoms with Gasteiger partial charge in [0.1, 0.15) is 5.76 Å². The minimum atomic E-state index is -0.563. The lowest BCUT2D eigenvalue weighted by molar-refractivity contribution is -0.117. The van der Waals surface area contributed by atoms with Gasteiger partial charge < -0.3 is 10.2 Å². The van der Waals surface area contributed by atoms with Gasteiger partial charge in [-0.3, -0.25) is 9.78 Å². The van der Waals surface area contributed by atoms with Crippen LogP contribution < -0.4 is 11.4 Å². The molecule has 0 fully saturated rings. The van der Waals surface area contributed by atoms with Gasteiger partial charge >= 0.3 is 5.63 Å². The summed E-state index contributed by atoms with van der Waals surface area (Å²) in [6.07, 6.45) is 3.10. The van der Waals surface area contributed by atoms with E-state index in [-0.39, 0.29) is 12.0 Å². The third-order valence-electron chi connectivity index (χ3n) is 2.21. The van der Waals surface area contributed by atoms with E-state index in [0.717, 1.165) is 0 Å². The summed E-state index contributed by atoms with van der Waals surface area (Å²) in [5.41, 5.74) is 5.42. The lowest BCUT2D eigenvalue weighted by Crippen LogP contribution is -2.19. The molecule has 1 amide bonds. The summed E-state index contributed by atoms with van der Waals surface area (Å²) in [5, 5.41) is 0. The second-order valence-corrected chi connectivity index (χ2v) is 3.50. The Kier molecular flexibility index (Phi) is 3.00. The fourth-order valence-electron chi connectivity index (χ4n) is 1.43. The molecule has 17 heavy (non-hydrogen) atoms. The van der Waals surface area contributed by atoms with Crippen LogP contribution in [0.4, 0.5) is 0 Å². The zero-order valence-corrected chi connectivity index (χ0v) is 8.92. The first-order valence-corrected chi connectivity index (χ1v) is 4.98. The van der Waals surface area contributed by atoms with Crippen molar-refractivity contribution in [2.45, 2.75) is 6.42 Å². The van der Waals surface area contributed by atoms with Gasteiger partial charge in [-0.15, -0.1) is 0 Å². The van der Waals surface area contributed by atoms with Gasteiger partial charge in [-0.2, -0.15) is 0 Å². The van der Waals surface area contributed by atoms with Crippen molar-refractivity contribution < 1.29 is 9.21 Å². The average Bonchev–Trinajstić information content (AvgIpc) is 2.32. The molecule has 2 aromatic heterocycles. The molecule has 0 radical (unpaired) electrons. The van der Waals surface area contributed by atoms with Crippen LogP contribution in [0.2, 0.25) is 0 Å². The van der Waals surface area contributed by atoms with Crippen molar-refractivity contribution in [2.75, 3.05) is 0 Å². The van der Waals surface area contributed by atoms with Gasteiger partial charge in [0.05, 0.1) is 6.42 Å². The van der Waals surface area contributed by atoms with Crippen molar-refractivity contribution in [1.82, 2.24) is 4.98 Å². The van der Waals surface area contributed by atoms with E-state index in [1.807, 2.05) is 0 Å². The monoisotopic (exact) mass is 230 g/mol. The molecule has 0 aromatic carbocycles. The van der Waals surface area contributed by atoms with Crippen molar-refractivity contribution in [1.29, 1.82) is 0 Å². The molecule has 0 aliphatic rings. The molecule has 0 saturated carbocycles. The van der Waals surface area contributed by atoms with Crippen molar-refractivity contribution in [3.63, 3.8) is 0 Å². The van der Waals surface area contributed by atoms with E-state index in [9.17, 15) is 9.59 Å². The van der Waals surface area contributed by atoms with Crippen LogP contribution in [0.5, 0.6) is 0 Å². The first kappa shape index (κ1) is 11.1. The number of hydrogen-bond acceptors (Lipinski definition) is 4. The molecule has 2 N–H and O–H groups in total. The van der Waals surface area contributed by atoms with E-state index in [0.29, 0.717) is 11.3 Å². The molecule has 0 spiro atoms. The summed E-state index contributed by atoms with van der Waals surface area (Å²) in [7, 11) is 0. The highest BCUT2D eigenvalue weighted by Gasteiger charge is 2.07. The van der Waals surface area contributed by atoms with Crippen molar-refractivity contribution in [2.24, 2.45) is 5.73 Å². The van der Waals surface area contributed by atoms with Gasteiger partial charge in [-0.25, -0.2) is 4.79 Å². The van der Waals surface area contributed by atoms with E-state index in [1.54, 1.807) is 36.7 Å². The standard InChI is InChI=1S/C12H10N2O3/c13-11(15)6-8-3-4-10(17-12(8)16)9-2-1-5-14-7-9/h1-5,7H,6H2,(H2,13,15). The van der Waals surface area contributed by atoms with E-state index < -0.39 is 11.5 Å². The summed E-state index contributed by atoms with van der Waals surface area (Å²) in [4.78, 5) is 26.2. The molecule has 0 saturated heterocycles. The van der Waals surface area contributed by atoms with E-state index in [2.05, 4.69) is 4.98 Å². The Bertz CT molecular complexity index is 590. The smallest absolute Gasteiger partial charge is 0.339 e. The number of nitrogens with zero attached hydrogens (tertiary/aromatic N) is 1. The van der Waals surface area contributed by atoms with Crippen LogP contribution in [0.15, 0.2) is 45.9 Å². The second kappa shape index (κ2) is 4.61. The van der Waals surface area contributed by atoms with Crippen LogP contribution in [-0.4, -0.2) is 10.9 Å². The van der Waals surface area contributed by atoms with Crippen LogP contribution in [0.25, 0.3) is 11.3 Å². The lowest BCUT2D eigenvalue weighted by Gasteiger charge is -2.00. The predicted octanol–water partition coefficient (Wildman–Crippen LogP) is 0.730. The van der Waals surface area contributed by atoms with Gasteiger partial charge in [0, 0.05) is 23.5 Å². The number of amides is 1. The maximum atomic E-state index is 11.6. The minimum absolute atomic E-state index is 0.115. The fraction of sp³-hybridized carbons (Fsp3) is 0.0833. The van der Waals surface area contributed by atoms with Crippen molar-refractivity contribution >= 4 is 5.91 Å². The summed E-state index contributed by atoms with van der Waals surface area (Å²) >= 11 is 0.